The Morgan fingerprint density at radius 2 is 2.13 bits per heavy atom. The van der Waals surface area contributed by atoms with Crippen LogP contribution in [0.15, 0.2) is 18.2 Å². The molecule has 1 aliphatic carbocycles. The van der Waals surface area contributed by atoms with Crippen LogP contribution in [0.2, 0.25) is 5.02 Å². The van der Waals surface area contributed by atoms with Crippen molar-refractivity contribution in [2.75, 3.05) is 18.2 Å². The topological polar surface area (TPSA) is 67.4 Å². The third-order valence-corrected chi connectivity index (χ3v) is 6.19. The lowest BCUT2D eigenvalue weighted by molar-refractivity contribution is 0.244. The molecular formula is C16H23ClN2O3S. The van der Waals surface area contributed by atoms with Crippen LogP contribution in [0, 0.1) is 0 Å². The van der Waals surface area contributed by atoms with Crippen LogP contribution >= 0.6 is 11.6 Å². The molecule has 128 valence electrons. The van der Waals surface area contributed by atoms with E-state index in [-0.39, 0.29) is 17.3 Å². The number of halogens is 1. The first-order valence-electron chi connectivity index (χ1n) is 7.83. The Balaban J connectivity index is 1.99. The van der Waals surface area contributed by atoms with E-state index in [2.05, 4.69) is 10.6 Å². The van der Waals surface area contributed by atoms with Gasteiger partial charge >= 0.3 is 6.03 Å². The van der Waals surface area contributed by atoms with E-state index in [4.69, 9.17) is 16.3 Å². The minimum Gasteiger partial charge on any atom is -0.497 e. The summed E-state index contributed by atoms with van der Waals surface area (Å²) in [6.07, 6.45) is 3.88. The molecule has 5 nitrogen and oxygen atoms in total. The number of hydrogen-bond acceptors (Lipinski definition) is 3. The number of carbonyl (C=O) groups excluding carboxylic acids is 1. The number of amides is 2. The van der Waals surface area contributed by atoms with Crippen molar-refractivity contribution in [3.63, 3.8) is 0 Å². The highest BCUT2D eigenvalue weighted by molar-refractivity contribution is 7.85. The summed E-state index contributed by atoms with van der Waals surface area (Å²) in [5.74, 6) is 1.25. The smallest absolute Gasteiger partial charge is 0.319 e. The fraction of sp³-hybridized carbons (Fsp3) is 0.562. The van der Waals surface area contributed by atoms with E-state index in [1.54, 1.807) is 25.3 Å². The van der Waals surface area contributed by atoms with Gasteiger partial charge < -0.3 is 15.4 Å². The van der Waals surface area contributed by atoms with Crippen molar-refractivity contribution < 1.29 is 13.7 Å². The number of anilines is 1. The maximum absolute atomic E-state index is 12.2. The maximum atomic E-state index is 12.2. The second-order valence-corrected chi connectivity index (χ2v) is 7.89. The quantitative estimate of drug-likeness (QED) is 0.845. The highest BCUT2D eigenvalue weighted by atomic mass is 35.5. The number of benzene rings is 1. The summed E-state index contributed by atoms with van der Waals surface area (Å²) in [7, 11) is 0.658. The fourth-order valence-electron chi connectivity index (χ4n) is 2.84. The van der Waals surface area contributed by atoms with Crippen molar-refractivity contribution in [2.45, 2.75) is 43.9 Å². The number of nitrogens with one attached hydrogen (secondary N) is 2. The molecule has 1 aromatic carbocycles. The molecule has 1 aromatic rings. The molecule has 7 heteroatoms. The molecule has 0 heterocycles. The van der Waals surface area contributed by atoms with Gasteiger partial charge in [0.15, 0.2) is 0 Å². The molecule has 0 spiro atoms. The van der Waals surface area contributed by atoms with Gasteiger partial charge in [0.2, 0.25) is 0 Å². The molecule has 0 aromatic heterocycles. The monoisotopic (exact) mass is 358 g/mol. The summed E-state index contributed by atoms with van der Waals surface area (Å²) in [6, 6.07) is 4.70. The second kappa shape index (κ2) is 8.55. The number of urea groups is 1. The van der Waals surface area contributed by atoms with Crippen LogP contribution in [0.1, 0.15) is 32.6 Å². The minimum absolute atomic E-state index is 0.0332. The normalized spacial score (nSPS) is 22.2. The molecule has 3 atom stereocenters. The van der Waals surface area contributed by atoms with E-state index >= 15 is 0 Å². The van der Waals surface area contributed by atoms with Crippen LogP contribution in [0.4, 0.5) is 10.5 Å². The summed E-state index contributed by atoms with van der Waals surface area (Å²) in [6.45, 7) is 1.92. The first-order valence-corrected chi connectivity index (χ1v) is 9.59. The van der Waals surface area contributed by atoms with Gasteiger partial charge in [0, 0.05) is 28.7 Å². The predicted octanol–water partition coefficient (Wildman–Crippen LogP) is 3.55. The highest BCUT2D eigenvalue weighted by Gasteiger charge is 2.30. The molecule has 23 heavy (non-hydrogen) atoms. The summed E-state index contributed by atoms with van der Waals surface area (Å²) in [5, 5.41) is 6.15. The number of carbonyl (C=O) groups is 1. The van der Waals surface area contributed by atoms with Gasteiger partial charge in [-0.2, -0.15) is 0 Å². The van der Waals surface area contributed by atoms with Gasteiger partial charge in [-0.3, -0.25) is 4.21 Å². The van der Waals surface area contributed by atoms with Gasteiger partial charge in [0.1, 0.15) is 5.75 Å². The molecule has 2 amide bonds. The standard InChI is InChI=1S/C16H23ClN2O3S/c1-3-23(21)15-7-5-4-6-14(15)19-16(20)18-13-9-8-11(22-2)10-12(13)17/h8-10,14-15H,3-7H2,1-2H3,(H2,18,19,20)/t14-,15-,23+/m1/s1. The van der Waals surface area contributed by atoms with Crippen LogP contribution in [0.5, 0.6) is 5.75 Å². The average molecular weight is 359 g/mol. The van der Waals surface area contributed by atoms with Crippen LogP contribution < -0.4 is 15.4 Å². The zero-order valence-corrected chi connectivity index (χ0v) is 15.0. The van der Waals surface area contributed by atoms with Gasteiger partial charge in [-0.1, -0.05) is 31.4 Å². The Bertz CT molecular complexity index is 582. The lowest BCUT2D eigenvalue weighted by Gasteiger charge is -2.31. The molecule has 0 aliphatic heterocycles. The lowest BCUT2D eigenvalue weighted by atomic mass is 9.95. The van der Waals surface area contributed by atoms with Crippen LogP contribution in [0.3, 0.4) is 0 Å². The first kappa shape index (κ1) is 18.1. The molecule has 1 fully saturated rings. The van der Waals surface area contributed by atoms with E-state index in [9.17, 15) is 9.00 Å². The van der Waals surface area contributed by atoms with Gasteiger partial charge in [-0.05, 0) is 25.0 Å². The van der Waals surface area contributed by atoms with Crippen LogP contribution in [0.25, 0.3) is 0 Å². The van der Waals surface area contributed by atoms with Crippen molar-refractivity contribution in [2.24, 2.45) is 0 Å². The van der Waals surface area contributed by atoms with Crippen molar-refractivity contribution in [3.8, 4) is 5.75 Å². The van der Waals surface area contributed by atoms with Crippen molar-refractivity contribution in [1.82, 2.24) is 5.32 Å². The van der Waals surface area contributed by atoms with Crippen LogP contribution in [-0.2, 0) is 10.8 Å². The molecule has 0 unspecified atom stereocenters. The minimum atomic E-state index is -0.900. The summed E-state index contributed by atoms with van der Waals surface area (Å²) in [4.78, 5) is 12.2. The fourth-order valence-corrected chi connectivity index (χ4v) is 4.49. The Morgan fingerprint density at radius 3 is 2.78 bits per heavy atom. The third kappa shape index (κ3) is 4.85. The third-order valence-electron chi connectivity index (χ3n) is 4.07. The Kier molecular flexibility index (Phi) is 6.72. The number of hydrogen-bond donors (Lipinski definition) is 2. The van der Waals surface area contributed by atoms with Crippen LogP contribution in [-0.4, -0.2) is 34.4 Å². The second-order valence-electron chi connectivity index (χ2n) is 5.54. The molecule has 2 rings (SSSR count). The van der Waals surface area contributed by atoms with E-state index in [1.165, 1.54) is 0 Å². The van der Waals surface area contributed by atoms with E-state index in [0.29, 0.717) is 22.2 Å². The predicted molar refractivity (Wildman–Crippen MR) is 94.9 cm³/mol. The van der Waals surface area contributed by atoms with Gasteiger partial charge in [0.05, 0.1) is 23.1 Å². The Hall–Kier alpha value is -1.27. The molecule has 1 saturated carbocycles. The Labute approximate surface area is 144 Å². The molecule has 0 radical (unpaired) electrons. The summed E-state index contributed by atoms with van der Waals surface area (Å²) >= 11 is 6.13. The van der Waals surface area contributed by atoms with Gasteiger partial charge in [-0.25, -0.2) is 4.79 Å². The summed E-state index contributed by atoms with van der Waals surface area (Å²) < 4.78 is 17.2. The largest absolute Gasteiger partial charge is 0.497 e. The lowest BCUT2D eigenvalue weighted by Crippen LogP contribution is -2.48. The van der Waals surface area contributed by atoms with E-state index < -0.39 is 10.8 Å². The van der Waals surface area contributed by atoms with Crippen molar-refractivity contribution in [1.29, 1.82) is 0 Å². The average Bonchev–Trinajstić information content (AvgIpc) is 2.56. The zero-order chi connectivity index (χ0) is 16.8. The van der Waals surface area contributed by atoms with Crippen molar-refractivity contribution >= 4 is 34.1 Å². The SMILES string of the molecule is CC[S@](=O)[C@@H]1CCCC[C@H]1NC(=O)Nc1ccc(OC)cc1Cl. The molecule has 0 bridgehead atoms. The van der Waals surface area contributed by atoms with Crippen molar-refractivity contribution in [3.05, 3.63) is 23.2 Å². The molecule has 1 aliphatic rings. The summed E-state index contributed by atoms with van der Waals surface area (Å²) in [5.41, 5.74) is 0.522. The first-order chi connectivity index (χ1) is 11.0. The number of ether oxygens (including phenoxy) is 1. The molecule has 0 saturated heterocycles. The number of methoxy groups -OCH3 is 1. The molecular weight excluding hydrogens is 336 g/mol. The number of rotatable bonds is 5. The molecule has 2 N–H and O–H groups in total. The Morgan fingerprint density at radius 1 is 1.39 bits per heavy atom. The maximum Gasteiger partial charge on any atom is 0.319 e. The van der Waals surface area contributed by atoms with Gasteiger partial charge in [-0.15, -0.1) is 0 Å². The highest BCUT2D eigenvalue weighted by Crippen LogP contribution is 2.27. The van der Waals surface area contributed by atoms with E-state index in [0.717, 1.165) is 25.7 Å². The zero-order valence-electron chi connectivity index (χ0n) is 13.4. The van der Waals surface area contributed by atoms with E-state index in [1.807, 2.05) is 6.92 Å². The van der Waals surface area contributed by atoms with Gasteiger partial charge in [0.25, 0.3) is 0 Å².